The second-order valence-corrected chi connectivity index (χ2v) is 4.67. The lowest BCUT2D eigenvalue weighted by molar-refractivity contribution is 0.125. The molecule has 1 aliphatic rings. The number of pyridine rings is 1. The fraction of sp³-hybridized carbons (Fsp3) is 0.417. The number of H-pyrrole nitrogens is 1. The Morgan fingerprint density at radius 1 is 1.42 bits per heavy atom. The number of aromatic amines is 1. The maximum atomic E-state index is 12.0. The van der Waals surface area contributed by atoms with Crippen LogP contribution in [0.4, 0.5) is 4.79 Å². The molecule has 7 heteroatoms. The zero-order valence-electron chi connectivity index (χ0n) is 10.2. The first-order valence-corrected chi connectivity index (χ1v) is 6.20. The molecule has 1 fully saturated rings. The van der Waals surface area contributed by atoms with E-state index in [1.54, 1.807) is 16.8 Å². The fourth-order valence-electron chi connectivity index (χ4n) is 2.64. The molecule has 1 saturated heterocycles. The molecule has 7 nitrogen and oxygen atoms in total. The minimum absolute atomic E-state index is 0.0287. The van der Waals surface area contributed by atoms with Gasteiger partial charge in [-0.05, 0) is 25.0 Å². The van der Waals surface area contributed by atoms with Crippen LogP contribution in [0.5, 0.6) is 0 Å². The number of amides is 1. The molecule has 0 saturated carbocycles. The van der Waals surface area contributed by atoms with Gasteiger partial charge in [-0.25, -0.2) is 14.6 Å². The highest BCUT2D eigenvalue weighted by Gasteiger charge is 2.25. The Kier molecular flexibility index (Phi) is 2.73. The maximum Gasteiger partial charge on any atom is 0.407 e. The lowest BCUT2D eigenvalue weighted by Gasteiger charge is -2.30. The van der Waals surface area contributed by atoms with Crippen molar-refractivity contribution in [2.24, 2.45) is 0 Å². The molecule has 0 unspecified atom stereocenters. The first kappa shape index (κ1) is 11.8. The third-order valence-corrected chi connectivity index (χ3v) is 3.59. The van der Waals surface area contributed by atoms with E-state index < -0.39 is 6.09 Å². The SMILES string of the molecule is O=C(O)N1CCC(n2c(=O)[nH]c3ncccc32)CC1. The predicted molar refractivity (Wildman–Crippen MR) is 68.2 cm³/mol. The Labute approximate surface area is 108 Å². The smallest absolute Gasteiger partial charge is 0.407 e. The molecular formula is C12H14N4O3. The summed E-state index contributed by atoms with van der Waals surface area (Å²) in [6.45, 7) is 0.915. The van der Waals surface area contributed by atoms with E-state index in [0.29, 0.717) is 31.6 Å². The topological polar surface area (TPSA) is 91.2 Å². The highest BCUT2D eigenvalue weighted by molar-refractivity contribution is 5.70. The van der Waals surface area contributed by atoms with Crippen molar-refractivity contribution in [3.63, 3.8) is 0 Å². The normalized spacial score (nSPS) is 16.9. The molecule has 0 radical (unpaired) electrons. The van der Waals surface area contributed by atoms with Crippen LogP contribution in [0, 0.1) is 0 Å². The van der Waals surface area contributed by atoms with Crippen LogP contribution in [0.15, 0.2) is 23.1 Å². The number of nitrogens with one attached hydrogen (secondary N) is 1. The molecule has 100 valence electrons. The highest BCUT2D eigenvalue weighted by Crippen LogP contribution is 2.24. The molecule has 1 aliphatic heterocycles. The van der Waals surface area contributed by atoms with Gasteiger partial charge in [0.15, 0.2) is 5.65 Å². The van der Waals surface area contributed by atoms with Crippen LogP contribution >= 0.6 is 0 Å². The van der Waals surface area contributed by atoms with Crippen LogP contribution in [0.1, 0.15) is 18.9 Å². The quantitative estimate of drug-likeness (QED) is 0.803. The maximum absolute atomic E-state index is 12.0. The zero-order chi connectivity index (χ0) is 13.4. The van der Waals surface area contributed by atoms with E-state index >= 15 is 0 Å². The van der Waals surface area contributed by atoms with E-state index in [9.17, 15) is 9.59 Å². The molecule has 3 rings (SSSR count). The average Bonchev–Trinajstić information content (AvgIpc) is 2.74. The highest BCUT2D eigenvalue weighted by atomic mass is 16.4. The number of carboxylic acid groups (broad SMARTS) is 1. The summed E-state index contributed by atoms with van der Waals surface area (Å²) in [5, 5.41) is 8.92. The summed E-state index contributed by atoms with van der Waals surface area (Å²) in [4.78, 5) is 31.1. The number of hydrogen-bond acceptors (Lipinski definition) is 3. The summed E-state index contributed by atoms with van der Waals surface area (Å²) in [5.41, 5.74) is 1.18. The molecule has 0 spiro atoms. The Bertz CT molecular complexity index is 667. The van der Waals surface area contributed by atoms with E-state index in [-0.39, 0.29) is 11.7 Å². The van der Waals surface area contributed by atoms with Crippen molar-refractivity contribution in [3.8, 4) is 0 Å². The first-order chi connectivity index (χ1) is 9.16. The van der Waals surface area contributed by atoms with Crippen molar-refractivity contribution in [2.75, 3.05) is 13.1 Å². The third kappa shape index (κ3) is 1.96. The first-order valence-electron chi connectivity index (χ1n) is 6.20. The molecule has 0 atom stereocenters. The third-order valence-electron chi connectivity index (χ3n) is 3.59. The van der Waals surface area contributed by atoms with Crippen molar-refractivity contribution in [3.05, 3.63) is 28.8 Å². The van der Waals surface area contributed by atoms with Gasteiger partial charge < -0.3 is 10.0 Å². The summed E-state index contributed by atoms with van der Waals surface area (Å²) < 4.78 is 1.70. The summed E-state index contributed by atoms with van der Waals surface area (Å²) in [5.74, 6) is 0. The molecule has 2 aromatic heterocycles. The molecule has 0 aromatic carbocycles. The fourth-order valence-corrected chi connectivity index (χ4v) is 2.64. The van der Waals surface area contributed by atoms with Gasteiger partial charge in [-0.1, -0.05) is 0 Å². The van der Waals surface area contributed by atoms with E-state index in [1.807, 2.05) is 6.07 Å². The minimum atomic E-state index is -0.897. The molecule has 3 heterocycles. The number of likely N-dealkylation sites (tertiary alicyclic amines) is 1. The van der Waals surface area contributed by atoms with E-state index in [4.69, 9.17) is 5.11 Å². The number of fused-ring (bicyclic) bond motifs is 1. The van der Waals surface area contributed by atoms with Gasteiger partial charge in [0.25, 0.3) is 0 Å². The summed E-state index contributed by atoms with van der Waals surface area (Å²) in [6, 6.07) is 3.67. The van der Waals surface area contributed by atoms with Gasteiger partial charge in [-0.15, -0.1) is 0 Å². The molecule has 19 heavy (non-hydrogen) atoms. The van der Waals surface area contributed by atoms with Crippen molar-refractivity contribution < 1.29 is 9.90 Å². The lowest BCUT2D eigenvalue weighted by atomic mass is 10.1. The van der Waals surface area contributed by atoms with Gasteiger partial charge in [0, 0.05) is 25.3 Å². The standard InChI is InChI=1S/C12H14N4O3/c17-11-14-10-9(2-1-5-13-10)16(11)8-3-6-15(7-4-8)12(18)19/h1-2,5,8H,3-4,6-7H2,(H,18,19)(H,13,14,17). The molecule has 2 aromatic rings. The van der Waals surface area contributed by atoms with Gasteiger partial charge in [0.2, 0.25) is 0 Å². The number of nitrogens with zero attached hydrogens (tertiary/aromatic N) is 3. The van der Waals surface area contributed by atoms with E-state index in [2.05, 4.69) is 9.97 Å². The lowest BCUT2D eigenvalue weighted by Crippen LogP contribution is -2.39. The Morgan fingerprint density at radius 2 is 2.16 bits per heavy atom. The Hall–Kier alpha value is -2.31. The summed E-state index contributed by atoms with van der Waals surface area (Å²) >= 11 is 0. The van der Waals surface area contributed by atoms with Gasteiger partial charge in [-0.2, -0.15) is 0 Å². The van der Waals surface area contributed by atoms with Crippen molar-refractivity contribution >= 4 is 17.3 Å². The van der Waals surface area contributed by atoms with E-state index in [1.165, 1.54) is 4.90 Å². The number of rotatable bonds is 1. The van der Waals surface area contributed by atoms with Crippen LogP contribution in [-0.4, -0.2) is 43.7 Å². The molecule has 0 aliphatic carbocycles. The van der Waals surface area contributed by atoms with Crippen LogP contribution in [0.3, 0.4) is 0 Å². The molecule has 0 bridgehead atoms. The van der Waals surface area contributed by atoms with Gasteiger partial charge in [0.1, 0.15) is 0 Å². The number of aromatic nitrogens is 3. The predicted octanol–water partition coefficient (Wildman–Crippen LogP) is 1.04. The summed E-state index contributed by atoms with van der Waals surface area (Å²) in [6.07, 6.45) is 2.03. The number of imidazole rings is 1. The van der Waals surface area contributed by atoms with Crippen LogP contribution < -0.4 is 5.69 Å². The van der Waals surface area contributed by atoms with Gasteiger partial charge in [0.05, 0.1) is 5.52 Å². The van der Waals surface area contributed by atoms with Crippen molar-refractivity contribution in [2.45, 2.75) is 18.9 Å². The summed E-state index contributed by atoms with van der Waals surface area (Å²) in [7, 11) is 0. The monoisotopic (exact) mass is 262 g/mol. The van der Waals surface area contributed by atoms with Crippen molar-refractivity contribution in [1.29, 1.82) is 0 Å². The molecule has 1 amide bonds. The number of carbonyl (C=O) groups is 1. The van der Waals surface area contributed by atoms with Crippen molar-refractivity contribution in [1.82, 2.24) is 19.4 Å². The Morgan fingerprint density at radius 3 is 2.84 bits per heavy atom. The average molecular weight is 262 g/mol. The Balaban J connectivity index is 1.92. The van der Waals surface area contributed by atoms with Crippen LogP contribution in [-0.2, 0) is 0 Å². The van der Waals surface area contributed by atoms with Gasteiger partial charge >= 0.3 is 11.8 Å². The van der Waals surface area contributed by atoms with Gasteiger partial charge in [-0.3, -0.25) is 9.55 Å². The number of hydrogen-bond donors (Lipinski definition) is 2. The second kappa shape index (κ2) is 4.42. The number of piperidine rings is 1. The van der Waals surface area contributed by atoms with E-state index in [0.717, 1.165) is 5.52 Å². The largest absolute Gasteiger partial charge is 0.465 e. The zero-order valence-corrected chi connectivity index (χ0v) is 10.2. The molecular weight excluding hydrogens is 248 g/mol. The molecule has 2 N–H and O–H groups in total. The minimum Gasteiger partial charge on any atom is -0.465 e. The van der Waals surface area contributed by atoms with Crippen LogP contribution in [0.25, 0.3) is 11.2 Å². The van der Waals surface area contributed by atoms with Crippen LogP contribution in [0.2, 0.25) is 0 Å². The second-order valence-electron chi connectivity index (χ2n) is 4.67.